The standard InChI is InChI=1S/C30H25BrN4O4/c31-21-15-32-35-27(13-22(34-30(21)35)19-5-1-3-7-23(19)36)33-16-9-11-17-18(12-10-16)28(17)29(38)26-14-24(37)20-6-2-4-8-25(20)39-26/h1-8,13-18,28,33,36H,9-12H2. The number of nitrogens with zero attached hydrogens (tertiary/aromatic N) is 3. The molecular formula is C30H25BrN4O4. The first-order chi connectivity index (χ1) is 19.0. The number of aromatic hydroxyl groups is 1. The molecule has 2 fully saturated rings. The number of hydrogen-bond acceptors (Lipinski definition) is 7. The number of anilines is 1. The Bertz CT molecular complexity index is 1800. The van der Waals surface area contributed by atoms with E-state index in [1.165, 1.54) is 6.07 Å². The Kier molecular flexibility index (Phi) is 5.77. The maximum absolute atomic E-state index is 13.3. The van der Waals surface area contributed by atoms with Crippen LogP contribution in [0.3, 0.4) is 0 Å². The van der Waals surface area contributed by atoms with Gasteiger partial charge in [0.1, 0.15) is 17.2 Å². The molecule has 5 aromatic rings. The lowest BCUT2D eigenvalue weighted by atomic mass is 10.0. The number of Topliss-reactive ketones (excluding diaryl/α,β-unsaturated/α-hetero) is 1. The third-order valence-corrected chi connectivity index (χ3v) is 8.73. The Morgan fingerprint density at radius 1 is 1.03 bits per heavy atom. The molecule has 196 valence electrons. The molecule has 3 heterocycles. The number of rotatable bonds is 5. The number of para-hydroxylation sites is 2. The number of fused-ring (bicyclic) bond motifs is 3. The molecule has 0 aliphatic heterocycles. The van der Waals surface area contributed by atoms with Crippen LogP contribution < -0.4 is 10.7 Å². The normalized spacial score (nSPS) is 22.4. The van der Waals surface area contributed by atoms with Crippen LogP contribution in [0.4, 0.5) is 5.82 Å². The fourth-order valence-electron chi connectivity index (χ4n) is 6.16. The molecule has 2 atom stereocenters. The molecular weight excluding hydrogens is 560 g/mol. The summed E-state index contributed by atoms with van der Waals surface area (Å²) in [5, 5.41) is 19.1. The van der Waals surface area contributed by atoms with Crippen molar-refractivity contribution < 1.29 is 14.3 Å². The summed E-state index contributed by atoms with van der Waals surface area (Å²) < 4.78 is 8.38. The van der Waals surface area contributed by atoms with Gasteiger partial charge in [-0.2, -0.15) is 9.61 Å². The van der Waals surface area contributed by atoms with Crippen LogP contribution >= 0.6 is 15.9 Å². The zero-order valence-electron chi connectivity index (χ0n) is 20.9. The number of nitrogens with one attached hydrogen (secondary N) is 1. The van der Waals surface area contributed by atoms with Gasteiger partial charge < -0.3 is 14.8 Å². The number of phenolic OH excluding ortho intramolecular Hbond substituents is 1. The summed E-state index contributed by atoms with van der Waals surface area (Å²) in [7, 11) is 0. The van der Waals surface area contributed by atoms with E-state index in [9.17, 15) is 14.7 Å². The number of phenols is 1. The maximum atomic E-state index is 13.3. The molecule has 2 saturated carbocycles. The fraction of sp³-hybridized carbons (Fsp3) is 0.267. The van der Waals surface area contributed by atoms with Crippen molar-refractivity contribution in [1.29, 1.82) is 0 Å². The summed E-state index contributed by atoms with van der Waals surface area (Å²) in [6.45, 7) is 0. The van der Waals surface area contributed by atoms with Crippen LogP contribution in [0, 0.1) is 17.8 Å². The first kappa shape index (κ1) is 24.1. The Morgan fingerprint density at radius 3 is 2.56 bits per heavy atom. The van der Waals surface area contributed by atoms with Crippen LogP contribution in [0.2, 0.25) is 0 Å². The number of hydrogen-bond donors (Lipinski definition) is 2. The Balaban J connectivity index is 1.09. The Labute approximate surface area is 231 Å². The van der Waals surface area contributed by atoms with E-state index < -0.39 is 0 Å². The van der Waals surface area contributed by atoms with Crippen molar-refractivity contribution in [3.05, 3.63) is 87.3 Å². The Hall–Kier alpha value is -3.98. The number of carbonyl (C=O) groups is 1. The van der Waals surface area contributed by atoms with Crippen LogP contribution in [0.25, 0.3) is 27.9 Å². The molecule has 0 radical (unpaired) electrons. The van der Waals surface area contributed by atoms with E-state index >= 15 is 0 Å². The summed E-state index contributed by atoms with van der Waals surface area (Å²) in [5.74, 6) is 1.61. The first-order valence-corrected chi connectivity index (χ1v) is 13.9. The highest BCUT2D eigenvalue weighted by atomic mass is 79.9. The van der Waals surface area contributed by atoms with Crippen LogP contribution in [0.15, 0.2) is 80.5 Å². The molecule has 39 heavy (non-hydrogen) atoms. The quantitative estimate of drug-likeness (QED) is 0.241. The van der Waals surface area contributed by atoms with Gasteiger partial charge in [-0.05, 0) is 77.7 Å². The highest BCUT2D eigenvalue weighted by Crippen LogP contribution is 2.55. The second-order valence-electron chi connectivity index (χ2n) is 10.5. The predicted molar refractivity (Wildman–Crippen MR) is 151 cm³/mol. The molecule has 7 rings (SSSR count). The molecule has 2 N–H and O–H groups in total. The van der Waals surface area contributed by atoms with Crippen molar-refractivity contribution in [2.24, 2.45) is 17.8 Å². The lowest BCUT2D eigenvalue weighted by Crippen LogP contribution is -2.22. The molecule has 0 bridgehead atoms. The zero-order valence-corrected chi connectivity index (χ0v) is 22.5. The molecule has 2 unspecified atom stereocenters. The highest BCUT2D eigenvalue weighted by Gasteiger charge is 2.55. The van der Waals surface area contributed by atoms with Gasteiger partial charge in [0.05, 0.1) is 21.7 Å². The predicted octanol–water partition coefficient (Wildman–Crippen LogP) is 6.07. The van der Waals surface area contributed by atoms with Gasteiger partial charge >= 0.3 is 0 Å². The first-order valence-electron chi connectivity index (χ1n) is 13.1. The lowest BCUT2D eigenvalue weighted by Gasteiger charge is -2.20. The molecule has 9 heteroatoms. The van der Waals surface area contributed by atoms with Gasteiger partial charge in [0.25, 0.3) is 0 Å². The average molecular weight is 585 g/mol. The fourth-order valence-corrected chi connectivity index (χ4v) is 6.51. The van der Waals surface area contributed by atoms with E-state index in [0.29, 0.717) is 39.7 Å². The second-order valence-corrected chi connectivity index (χ2v) is 11.3. The summed E-state index contributed by atoms with van der Waals surface area (Å²) in [4.78, 5) is 30.5. The van der Waals surface area contributed by atoms with Crippen LogP contribution in [-0.4, -0.2) is 31.5 Å². The van der Waals surface area contributed by atoms with E-state index in [1.807, 2.05) is 18.2 Å². The van der Waals surface area contributed by atoms with Crippen molar-refractivity contribution in [2.75, 3.05) is 5.32 Å². The van der Waals surface area contributed by atoms with Gasteiger partial charge in [-0.25, -0.2) is 4.98 Å². The average Bonchev–Trinajstić information content (AvgIpc) is 3.57. The van der Waals surface area contributed by atoms with E-state index in [2.05, 4.69) is 26.3 Å². The van der Waals surface area contributed by atoms with Crippen molar-refractivity contribution >= 4 is 44.1 Å². The Morgan fingerprint density at radius 2 is 1.77 bits per heavy atom. The van der Waals surface area contributed by atoms with Crippen molar-refractivity contribution in [1.82, 2.24) is 14.6 Å². The van der Waals surface area contributed by atoms with E-state index in [1.54, 1.807) is 47.1 Å². The monoisotopic (exact) mass is 584 g/mol. The number of aromatic nitrogens is 3. The lowest BCUT2D eigenvalue weighted by molar-refractivity contribution is 0.0926. The van der Waals surface area contributed by atoms with Gasteiger partial charge in [0.2, 0.25) is 5.78 Å². The topological polar surface area (TPSA) is 110 Å². The SMILES string of the molecule is O=C(c1cc(=O)c2ccccc2o1)C1C2CCC(Nc3cc(-c4ccccc4O)nc4c(Br)cnn34)CCC21. The minimum atomic E-state index is -0.178. The zero-order chi connectivity index (χ0) is 26.7. The largest absolute Gasteiger partial charge is 0.507 e. The van der Waals surface area contributed by atoms with Gasteiger partial charge in [-0.15, -0.1) is 0 Å². The third kappa shape index (κ3) is 4.21. The summed E-state index contributed by atoms with van der Waals surface area (Å²) in [6.07, 6.45) is 5.36. The van der Waals surface area contributed by atoms with Gasteiger partial charge in [-0.1, -0.05) is 24.3 Å². The minimum Gasteiger partial charge on any atom is -0.507 e. The van der Waals surface area contributed by atoms with Crippen molar-refractivity contribution in [3.63, 3.8) is 0 Å². The van der Waals surface area contributed by atoms with Crippen molar-refractivity contribution in [2.45, 2.75) is 31.7 Å². The van der Waals surface area contributed by atoms with Gasteiger partial charge in [0.15, 0.2) is 16.8 Å². The van der Waals surface area contributed by atoms with Gasteiger partial charge in [0, 0.05) is 29.7 Å². The molecule has 0 saturated heterocycles. The number of benzene rings is 2. The molecule has 0 amide bonds. The number of ketones is 1. The van der Waals surface area contributed by atoms with Crippen LogP contribution in [-0.2, 0) is 0 Å². The highest BCUT2D eigenvalue weighted by molar-refractivity contribution is 9.10. The van der Waals surface area contributed by atoms with Gasteiger partial charge in [-0.3, -0.25) is 9.59 Å². The van der Waals surface area contributed by atoms with Crippen LogP contribution in [0.1, 0.15) is 36.2 Å². The smallest absolute Gasteiger partial charge is 0.201 e. The van der Waals surface area contributed by atoms with Crippen molar-refractivity contribution in [3.8, 4) is 17.0 Å². The van der Waals surface area contributed by atoms with Crippen LogP contribution in [0.5, 0.6) is 5.75 Å². The molecule has 3 aromatic heterocycles. The number of carbonyl (C=O) groups excluding carboxylic acids is 1. The number of halogens is 1. The molecule has 2 aliphatic rings. The molecule has 0 spiro atoms. The minimum absolute atomic E-state index is 0.0520. The molecule has 2 aromatic carbocycles. The molecule has 2 aliphatic carbocycles. The van der Waals surface area contributed by atoms with E-state index in [-0.39, 0.29) is 34.7 Å². The van der Waals surface area contributed by atoms with E-state index in [0.717, 1.165) is 36.0 Å². The third-order valence-electron chi connectivity index (χ3n) is 8.17. The summed E-state index contributed by atoms with van der Waals surface area (Å²) >= 11 is 3.54. The summed E-state index contributed by atoms with van der Waals surface area (Å²) in [5.41, 5.74) is 2.25. The second kappa shape index (κ2) is 9.34. The summed E-state index contributed by atoms with van der Waals surface area (Å²) in [6, 6.07) is 17.7. The van der Waals surface area contributed by atoms with E-state index in [4.69, 9.17) is 9.40 Å². The maximum Gasteiger partial charge on any atom is 0.201 e. The molecule has 8 nitrogen and oxygen atoms in total.